The number of amides is 1. The Morgan fingerprint density at radius 1 is 0.871 bits per heavy atom. The Morgan fingerprint density at radius 3 is 1.90 bits per heavy atom. The molecule has 3 aromatic rings. The van der Waals surface area contributed by atoms with Crippen LogP contribution in [0.15, 0.2) is 95.9 Å². The van der Waals surface area contributed by atoms with Crippen molar-refractivity contribution in [3.05, 3.63) is 102 Å². The molecule has 0 aliphatic carbocycles. The summed E-state index contributed by atoms with van der Waals surface area (Å²) in [6, 6.07) is 28.5. The van der Waals surface area contributed by atoms with E-state index < -0.39 is 17.9 Å². The van der Waals surface area contributed by atoms with Crippen LogP contribution in [0.2, 0.25) is 0 Å². The highest BCUT2D eigenvalue weighted by Gasteiger charge is 2.42. The van der Waals surface area contributed by atoms with Crippen LogP contribution in [0, 0.1) is 5.92 Å². The molecule has 0 radical (unpaired) electrons. The maximum absolute atomic E-state index is 13.7. The van der Waals surface area contributed by atoms with Crippen LogP contribution in [0.1, 0.15) is 23.5 Å². The second-order valence-corrected chi connectivity index (χ2v) is 8.92. The van der Waals surface area contributed by atoms with Crippen LogP contribution in [-0.4, -0.2) is 40.2 Å². The van der Waals surface area contributed by atoms with Crippen molar-refractivity contribution in [3.63, 3.8) is 0 Å². The van der Waals surface area contributed by atoms with Crippen molar-refractivity contribution in [1.29, 1.82) is 0 Å². The fourth-order valence-corrected chi connectivity index (χ4v) is 5.21. The average molecular weight is 432 g/mol. The van der Waals surface area contributed by atoms with Gasteiger partial charge in [-0.05, 0) is 35.6 Å². The average Bonchev–Trinajstić information content (AvgIpc) is 3.25. The van der Waals surface area contributed by atoms with Gasteiger partial charge in [-0.25, -0.2) is 4.79 Å². The van der Waals surface area contributed by atoms with Crippen LogP contribution in [0.4, 0.5) is 0 Å². The van der Waals surface area contributed by atoms with Gasteiger partial charge in [-0.3, -0.25) is 4.79 Å². The number of aliphatic carboxylic acids is 1. The molecule has 5 heteroatoms. The summed E-state index contributed by atoms with van der Waals surface area (Å²) in [5, 5.41) is 9.86. The van der Waals surface area contributed by atoms with Crippen molar-refractivity contribution in [2.24, 2.45) is 5.92 Å². The molecule has 1 fully saturated rings. The zero-order valence-corrected chi connectivity index (χ0v) is 17.9. The summed E-state index contributed by atoms with van der Waals surface area (Å²) in [5.74, 6) is -0.650. The minimum Gasteiger partial charge on any atom is -0.480 e. The molecule has 0 unspecified atom stereocenters. The van der Waals surface area contributed by atoms with Gasteiger partial charge in [0.1, 0.15) is 6.04 Å². The topological polar surface area (TPSA) is 57.6 Å². The third-order valence-electron chi connectivity index (χ3n) is 5.70. The lowest BCUT2D eigenvalue weighted by Gasteiger charge is -2.27. The normalized spacial score (nSPS) is 18.3. The predicted octanol–water partition coefficient (Wildman–Crippen LogP) is 4.91. The number of thioether (sulfide) groups is 1. The van der Waals surface area contributed by atoms with E-state index in [1.807, 2.05) is 78.9 Å². The van der Waals surface area contributed by atoms with E-state index in [-0.39, 0.29) is 11.8 Å². The van der Waals surface area contributed by atoms with Gasteiger partial charge in [-0.1, -0.05) is 78.9 Å². The molecule has 0 saturated carbocycles. The smallest absolute Gasteiger partial charge is 0.326 e. The summed E-state index contributed by atoms with van der Waals surface area (Å²) < 4.78 is 0. The number of rotatable bonds is 7. The van der Waals surface area contributed by atoms with Gasteiger partial charge in [0.2, 0.25) is 5.91 Å². The monoisotopic (exact) mass is 431 g/mol. The lowest BCUT2D eigenvalue weighted by Crippen LogP contribution is -2.43. The molecule has 4 nitrogen and oxygen atoms in total. The summed E-state index contributed by atoms with van der Waals surface area (Å²) in [4.78, 5) is 28.5. The zero-order valence-electron chi connectivity index (χ0n) is 17.1. The summed E-state index contributed by atoms with van der Waals surface area (Å²) in [7, 11) is 0. The van der Waals surface area contributed by atoms with E-state index in [1.165, 1.54) is 0 Å². The first kappa shape index (κ1) is 21.2. The minimum absolute atomic E-state index is 0.141. The Balaban J connectivity index is 1.57. The number of nitrogens with zero attached hydrogens (tertiary/aromatic N) is 1. The molecule has 1 N–H and O–H groups in total. The van der Waals surface area contributed by atoms with Crippen LogP contribution in [0.3, 0.4) is 0 Å². The van der Waals surface area contributed by atoms with E-state index in [1.54, 1.807) is 16.7 Å². The minimum atomic E-state index is -0.930. The second-order valence-electron chi connectivity index (χ2n) is 7.82. The van der Waals surface area contributed by atoms with E-state index in [0.29, 0.717) is 13.0 Å². The highest BCUT2D eigenvalue weighted by molar-refractivity contribution is 7.99. The Morgan fingerprint density at radius 2 is 1.39 bits per heavy atom. The molecule has 1 heterocycles. The van der Waals surface area contributed by atoms with Gasteiger partial charge in [-0.2, -0.15) is 0 Å². The highest BCUT2D eigenvalue weighted by Crippen LogP contribution is 2.34. The van der Waals surface area contributed by atoms with Gasteiger partial charge >= 0.3 is 5.97 Å². The van der Waals surface area contributed by atoms with Gasteiger partial charge in [0, 0.05) is 17.2 Å². The van der Waals surface area contributed by atoms with Crippen LogP contribution in [-0.2, 0) is 9.59 Å². The fraction of sp³-hybridized carbons (Fsp3) is 0.231. The number of carbonyl (C=O) groups is 2. The third-order valence-corrected chi connectivity index (χ3v) is 6.94. The molecule has 0 bridgehead atoms. The second kappa shape index (κ2) is 9.84. The lowest BCUT2D eigenvalue weighted by atomic mass is 9.90. The van der Waals surface area contributed by atoms with Crippen molar-refractivity contribution < 1.29 is 14.7 Å². The molecule has 4 rings (SSSR count). The van der Waals surface area contributed by atoms with E-state index in [0.717, 1.165) is 21.8 Å². The van der Waals surface area contributed by atoms with E-state index in [4.69, 9.17) is 0 Å². The zero-order chi connectivity index (χ0) is 21.6. The summed E-state index contributed by atoms with van der Waals surface area (Å²) in [6.07, 6.45) is 0.483. The van der Waals surface area contributed by atoms with Crippen molar-refractivity contribution in [1.82, 2.24) is 4.90 Å². The van der Waals surface area contributed by atoms with E-state index >= 15 is 0 Å². The number of carboxylic acids is 1. The Bertz CT molecular complexity index is 971. The van der Waals surface area contributed by atoms with Gasteiger partial charge in [0.05, 0.1) is 5.92 Å². The molecule has 1 amide bonds. The number of likely N-dealkylation sites (tertiary alicyclic amines) is 1. The number of carbonyl (C=O) groups excluding carboxylic acids is 1. The first-order valence-electron chi connectivity index (χ1n) is 10.4. The summed E-state index contributed by atoms with van der Waals surface area (Å²) in [5.41, 5.74) is 1.76. The molecule has 1 aliphatic rings. The number of hydrogen-bond acceptors (Lipinski definition) is 3. The Labute approximate surface area is 186 Å². The van der Waals surface area contributed by atoms with Gasteiger partial charge in [-0.15, -0.1) is 11.8 Å². The van der Waals surface area contributed by atoms with Crippen LogP contribution in [0.25, 0.3) is 0 Å². The van der Waals surface area contributed by atoms with Gasteiger partial charge in [0.25, 0.3) is 0 Å². The summed E-state index contributed by atoms with van der Waals surface area (Å²) in [6.45, 7) is 0.464. The molecule has 31 heavy (non-hydrogen) atoms. The first-order chi connectivity index (χ1) is 15.1. The van der Waals surface area contributed by atoms with Gasteiger partial charge < -0.3 is 10.0 Å². The van der Waals surface area contributed by atoms with Crippen LogP contribution < -0.4 is 0 Å². The number of carboxylic acid groups (broad SMARTS) is 1. The van der Waals surface area contributed by atoms with Crippen LogP contribution in [0.5, 0.6) is 0 Å². The molecule has 2 atom stereocenters. The Hall–Kier alpha value is -3.05. The van der Waals surface area contributed by atoms with E-state index in [2.05, 4.69) is 12.1 Å². The molecule has 158 valence electrons. The van der Waals surface area contributed by atoms with Crippen molar-refractivity contribution >= 4 is 23.6 Å². The maximum Gasteiger partial charge on any atom is 0.326 e. The maximum atomic E-state index is 13.7. The molecule has 3 aromatic carbocycles. The molecule has 1 saturated heterocycles. The quantitative estimate of drug-likeness (QED) is 0.540. The third kappa shape index (κ3) is 5.00. The number of benzene rings is 3. The molecule has 1 aliphatic heterocycles. The van der Waals surface area contributed by atoms with Crippen molar-refractivity contribution in [2.45, 2.75) is 23.3 Å². The standard InChI is InChI=1S/C26H25NO3S/c28-25(24(20-10-4-1-5-11-20)21-12-6-2-7-13-21)27-17-19(16-23(27)26(29)30)18-31-22-14-8-3-9-15-22/h1-15,19,23-24H,16-18H2,(H,29,30)/t19-,23-/m0/s1. The molecule has 0 aromatic heterocycles. The SMILES string of the molecule is O=C(O)[C@@H]1C[C@H](CSc2ccccc2)CN1C(=O)C(c1ccccc1)c1ccccc1. The predicted molar refractivity (Wildman–Crippen MR) is 123 cm³/mol. The molecular weight excluding hydrogens is 406 g/mol. The first-order valence-corrected chi connectivity index (χ1v) is 11.4. The molecular formula is C26H25NO3S. The Kier molecular flexibility index (Phi) is 6.73. The summed E-state index contributed by atoms with van der Waals surface area (Å²) >= 11 is 1.72. The van der Waals surface area contributed by atoms with Gasteiger partial charge in [0.15, 0.2) is 0 Å². The van der Waals surface area contributed by atoms with Crippen LogP contribution >= 0.6 is 11.8 Å². The van der Waals surface area contributed by atoms with E-state index in [9.17, 15) is 14.7 Å². The van der Waals surface area contributed by atoms with Crippen molar-refractivity contribution in [2.75, 3.05) is 12.3 Å². The largest absolute Gasteiger partial charge is 0.480 e. The molecule has 0 spiro atoms. The fourth-order valence-electron chi connectivity index (χ4n) is 4.19. The number of hydrogen-bond donors (Lipinski definition) is 1. The highest BCUT2D eigenvalue weighted by atomic mass is 32.2. The lowest BCUT2D eigenvalue weighted by molar-refractivity contribution is -0.148. The van der Waals surface area contributed by atoms with Crippen molar-refractivity contribution in [3.8, 4) is 0 Å².